The van der Waals surface area contributed by atoms with Gasteiger partial charge in [-0.2, -0.15) is 8.42 Å². The number of aryl methyl sites for hydroxylation is 1. The molecule has 3 nitrogen and oxygen atoms in total. The molecule has 0 heterocycles. The maximum absolute atomic E-state index is 14.3. The molecule has 3 aliphatic carbocycles. The molecule has 0 N–H and O–H groups in total. The van der Waals surface area contributed by atoms with Crippen molar-refractivity contribution < 1.29 is 30.2 Å². The minimum absolute atomic E-state index is 0.0146. The van der Waals surface area contributed by atoms with Crippen molar-refractivity contribution >= 4 is 10.1 Å². The Hall–Kier alpha value is -2.19. The van der Waals surface area contributed by atoms with Crippen LogP contribution in [0.1, 0.15) is 34.9 Å². The lowest BCUT2D eigenvalue weighted by Gasteiger charge is -2.39. The number of benzene rings is 2. The molecule has 0 amide bonds. The van der Waals surface area contributed by atoms with Crippen molar-refractivity contribution in [2.45, 2.75) is 36.2 Å². The molecule has 0 fully saturated rings. The summed E-state index contributed by atoms with van der Waals surface area (Å²) < 4.78 is 86.1. The largest absolute Gasteiger partial charge is 0.297 e. The van der Waals surface area contributed by atoms with Crippen LogP contribution >= 0.6 is 0 Å². The van der Waals surface area contributed by atoms with E-state index in [2.05, 4.69) is 0 Å². The molecule has 0 saturated heterocycles. The van der Waals surface area contributed by atoms with Gasteiger partial charge in [-0.25, -0.2) is 17.6 Å². The first-order chi connectivity index (χ1) is 12.7. The van der Waals surface area contributed by atoms with Crippen LogP contribution in [0.4, 0.5) is 17.6 Å². The highest BCUT2D eigenvalue weighted by Crippen LogP contribution is 2.49. The van der Waals surface area contributed by atoms with Gasteiger partial charge in [0.2, 0.25) is 0 Å². The molecular formula is C19H14F4O3S. The maximum atomic E-state index is 14.3. The molecule has 0 unspecified atom stereocenters. The Morgan fingerprint density at radius 2 is 1.48 bits per heavy atom. The van der Waals surface area contributed by atoms with Crippen molar-refractivity contribution in [1.29, 1.82) is 0 Å². The number of hydrogen-bond donors (Lipinski definition) is 0. The smallest absolute Gasteiger partial charge is 0.262 e. The molecule has 8 heteroatoms. The Balaban J connectivity index is 1.73. The lowest BCUT2D eigenvalue weighted by molar-refractivity contribution is 0.157. The van der Waals surface area contributed by atoms with Crippen LogP contribution in [0.25, 0.3) is 0 Å². The molecule has 0 saturated carbocycles. The first-order valence-electron chi connectivity index (χ1n) is 8.24. The second kappa shape index (κ2) is 6.17. The summed E-state index contributed by atoms with van der Waals surface area (Å²) in [5.41, 5.74) is 0.207. The highest BCUT2D eigenvalue weighted by atomic mass is 32.2. The summed E-state index contributed by atoms with van der Waals surface area (Å²) in [4.78, 5) is -0.0734. The standard InChI is InChI=1S/C19H14F4O3S/c1-9-2-5-11(6-3-9)27(24,25)26-13-8-10-4-7-12(13)15-14(10)16(20)18(22)19(23)17(15)21/h2-7,10,12-13H,8H2,1H3/t10-,12+,13+/m1/s1. The fourth-order valence-corrected chi connectivity index (χ4v) is 4.83. The van der Waals surface area contributed by atoms with Crippen molar-refractivity contribution in [2.75, 3.05) is 0 Å². The van der Waals surface area contributed by atoms with Gasteiger partial charge in [0.25, 0.3) is 10.1 Å². The van der Waals surface area contributed by atoms with Crippen molar-refractivity contribution in [3.8, 4) is 0 Å². The number of allylic oxidation sites excluding steroid dienone is 1. The zero-order valence-electron chi connectivity index (χ0n) is 14.0. The zero-order chi connectivity index (χ0) is 19.5. The van der Waals surface area contributed by atoms with Crippen LogP contribution in [0, 0.1) is 30.2 Å². The summed E-state index contributed by atoms with van der Waals surface area (Å²) in [6, 6.07) is 5.97. The summed E-state index contributed by atoms with van der Waals surface area (Å²) in [5.74, 6) is -8.56. The van der Waals surface area contributed by atoms with E-state index < -0.39 is 51.3 Å². The average Bonchev–Trinajstić information content (AvgIpc) is 2.64. The lowest BCUT2D eigenvalue weighted by Crippen LogP contribution is -2.36. The third-order valence-corrected chi connectivity index (χ3v) is 6.39. The number of halogens is 4. The van der Waals surface area contributed by atoms with Gasteiger partial charge < -0.3 is 0 Å². The molecule has 0 aromatic heterocycles. The van der Waals surface area contributed by atoms with Crippen LogP contribution in [-0.2, 0) is 14.3 Å². The summed E-state index contributed by atoms with van der Waals surface area (Å²) >= 11 is 0. The summed E-state index contributed by atoms with van der Waals surface area (Å²) in [6.07, 6.45) is 1.95. The van der Waals surface area contributed by atoms with E-state index in [1.807, 2.05) is 0 Å². The molecule has 2 aromatic rings. The zero-order valence-corrected chi connectivity index (χ0v) is 14.9. The van der Waals surface area contributed by atoms with Gasteiger partial charge >= 0.3 is 0 Å². The summed E-state index contributed by atoms with van der Waals surface area (Å²) in [6.45, 7) is 1.80. The van der Waals surface area contributed by atoms with Gasteiger partial charge in [-0.15, -0.1) is 0 Å². The molecule has 2 aromatic carbocycles. The minimum Gasteiger partial charge on any atom is -0.262 e. The molecule has 27 heavy (non-hydrogen) atoms. The Kier molecular flexibility index (Phi) is 4.16. The topological polar surface area (TPSA) is 43.4 Å². The van der Waals surface area contributed by atoms with E-state index in [9.17, 15) is 26.0 Å². The van der Waals surface area contributed by atoms with Crippen LogP contribution in [0.15, 0.2) is 41.3 Å². The number of hydrogen-bond acceptors (Lipinski definition) is 3. The van der Waals surface area contributed by atoms with E-state index in [0.29, 0.717) is 0 Å². The molecule has 3 atom stereocenters. The van der Waals surface area contributed by atoms with E-state index in [4.69, 9.17) is 4.18 Å². The van der Waals surface area contributed by atoms with Gasteiger partial charge in [-0.1, -0.05) is 29.8 Å². The molecule has 2 bridgehead atoms. The highest BCUT2D eigenvalue weighted by molar-refractivity contribution is 7.86. The van der Waals surface area contributed by atoms with Gasteiger partial charge in [0.15, 0.2) is 23.3 Å². The summed E-state index contributed by atoms with van der Waals surface area (Å²) in [5, 5.41) is 0. The molecule has 142 valence electrons. The van der Waals surface area contributed by atoms with E-state index >= 15 is 0 Å². The second-order valence-electron chi connectivity index (χ2n) is 6.74. The quantitative estimate of drug-likeness (QED) is 0.252. The fraction of sp³-hybridized carbons (Fsp3) is 0.263. The third kappa shape index (κ3) is 2.78. The van der Waals surface area contributed by atoms with E-state index in [0.717, 1.165) is 5.56 Å². The SMILES string of the molecule is Cc1ccc(S(=O)(=O)O[C@H]2C[C@H]3C=C[C@@H]2c2c(F)c(F)c(F)c(F)c23)cc1. The van der Waals surface area contributed by atoms with Gasteiger partial charge in [0.05, 0.1) is 11.0 Å². The Morgan fingerprint density at radius 1 is 0.889 bits per heavy atom. The van der Waals surface area contributed by atoms with E-state index in [1.165, 1.54) is 24.3 Å². The predicted molar refractivity (Wildman–Crippen MR) is 88.8 cm³/mol. The monoisotopic (exact) mass is 398 g/mol. The van der Waals surface area contributed by atoms with Gasteiger partial charge in [-0.3, -0.25) is 4.18 Å². The first-order valence-corrected chi connectivity index (χ1v) is 9.65. The second-order valence-corrected chi connectivity index (χ2v) is 8.31. The lowest BCUT2D eigenvalue weighted by atomic mass is 9.69. The normalized spacial score (nSPS) is 23.5. The number of rotatable bonds is 3. The van der Waals surface area contributed by atoms with Crippen molar-refractivity contribution in [2.24, 2.45) is 0 Å². The maximum Gasteiger partial charge on any atom is 0.297 e. The molecule has 0 spiro atoms. The van der Waals surface area contributed by atoms with Crippen molar-refractivity contribution in [1.82, 2.24) is 0 Å². The van der Waals surface area contributed by atoms with Crippen molar-refractivity contribution in [3.05, 3.63) is 76.4 Å². The predicted octanol–water partition coefficient (Wildman–Crippen LogP) is 4.47. The van der Waals surface area contributed by atoms with Crippen LogP contribution in [-0.4, -0.2) is 14.5 Å². The van der Waals surface area contributed by atoms with Crippen LogP contribution < -0.4 is 0 Å². The minimum atomic E-state index is -4.16. The molecule has 0 radical (unpaired) electrons. The molecule has 3 aliphatic rings. The Bertz CT molecular complexity index is 1060. The van der Waals surface area contributed by atoms with E-state index in [1.54, 1.807) is 19.1 Å². The first kappa shape index (κ1) is 18.2. The van der Waals surface area contributed by atoms with Gasteiger partial charge in [0, 0.05) is 23.0 Å². The Labute approximate surface area is 153 Å². The third-order valence-electron chi connectivity index (χ3n) is 5.04. The van der Waals surface area contributed by atoms with Gasteiger partial charge in [-0.05, 0) is 25.5 Å². The van der Waals surface area contributed by atoms with Crippen LogP contribution in [0.3, 0.4) is 0 Å². The molecular weight excluding hydrogens is 384 g/mol. The summed E-state index contributed by atoms with van der Waals surface area (Å²) in [7, 11) is -4.16. The van der Waals surface area contributed by atoms with Gasteiger partial charge in [0.1, 0.15) is 0 Å². The molecule has 0 aliphatic heterocycles. The number of fused-ring (bicyclic) bond motifs is 1. The average molecular weight is 398 g/mol. The van der Waals surface area contributed by atoms with E-state index in [-0.39, 0.29) is 22.4 Å². The van der Waals surface area contributed by atoms with Crippen molar-refractivity contribution in [3.63, 3.8) is 0 Å². The van der Waals surface area contributed by atoms with Crippen LogP contribution in [0.2, 0.25) is 0 Å². The Morgan fingerprint density at radius 3 is 2.11 bits per heavy atom. The fourth-order valence-electron chi connectivity index (χ4n) is 3.73. The molecule has 5 rings (SSSR count). The highest BCUT2D eigenvalue weighted by Gasteiger charge is 2.45. The van der Waals surface area contributed by atoms with Crippen LogP contribution in [0.5, 0.6) is 0 Å².